The topological polar surface area (TPSA) is 75.4 Å². The highest BCUT2D eigenvalue weighted by atomic mass is 32.2. The first-order chi connectivity index (χ1) is 9.57. The van der Waals surface area contributed by atoms with Gasteiger partial charge in [-0.2, -0.15) is 0 Å². The third-order valence-electron chi connectivity index (χ3n) is 4.19. The van der Waals surface area contributed by atoms with Crippen LogP contribution in [0.1, 0.15) is 32.6 Å². The third kappa shape index (κ3) is 3.47. The maximum atomic E-state index is 12.7. The molecule has 114 valence electrons. The summed E-state index contributed by atoms with van der Waals surface area (Å²) in [4.78, 5) is 26.6. The Kier molecular flexibility index (Phi) is 5.32. The maximum Gasteiger partial charge on any atom is 0.238 e. The number of carbonyl (C=O) groups excluding carboxylic acids is 2. The van der Waals surface area contributed by atoms with Crippen molar-refractivity contribution < 1.29 is 9.59 Å². The van der Waals surface area contributed by atoms with Crippen molar-refractivity contribution in [2.45, 2.75) is 37.4 Å². The molecule has 0 spiro atoms. The molecule has 2 heterocycles. The first-order valence-corrected chi connectivity index (χ1v) is 8.46. The standard InChI is InChI=1S/C14H25N3O2S/c1-14(5-3-9-20-14)13(19)17-8-2-4-11(10-17)12(18)16-7-6-15/h11H,2-10,15H2,1H3,(H,16,18). The van der Waals surface area contributed by atoms with E-state index in [-0.39, 0.29) is 22.5 Å². The molecule has 2 rings (SSSR count). The summed E-state index contributed by atoms with van der Waals surface area (Å²) in [6, 6.07) is 0. The SMILES string of the molecule is CC1(C(=O)N2CCCC(C(=O)NCCN)C2)CCCS1. The Bertz CT molecular complexity index is 369. The fourth-order valence-electron chi connectivity index (χ4n) is 3.00. The van der Waals surface area contributed by atoms with Crippen molar-refractivity contribution in [3.05, 3.63) is 0 Å². The van der Waals surface area contributed by atoms with Crippen molar-refractivity contribution in [2.24, 2.45) is 11.7 Å². The smallest absolute Gasteiger partial charge is 0.238 e. The van der Waals surface area contributed by atoms with Crippen molar-refractivity contribution >= 4 is 23.6 Å². The minimum absolute atomic E-state index is 0.0391. The molecule has 0 aromatic rings. The predicted octanol–water partition coefficient (Wildman–Crippen LogP) is 0.586. The van der Waals surface area contributed by atoms with Crippen LogP contribution >= 0.6 is 11.8 Å². The molecule has 20 heavy (non-hydrogen) atoms. The van der Waals surface area contributed by atoms with Crippen LogP contribution in [-0.4, -0.2) is 53.4 Å². The van der Waals surface area contributed by atoms with E-state index in [1.165, 1.54) is 0 Å². The van der Waals surface area contributed by atoms with E-state index in [4.69, 9.17) is 5.73 Å². The number of carbonyl (C=O) groups is 2. The number of amides is 2. The number of nitrogens with two attached hydrogens (primary N) is 1. The Balaban J connectivity index is 1.92. The van der Waals surface area contributed by atoms with Gasteiger partial charge in [0.05, 0.1) is 10.7 Å². The van der Waals surface area contributed by atoms with Gasteiger partial charge in [0.15, 0.2) is 0 Å². The number of piperidine rings is 1. The molecule has 0 bridgehead atoms. The molecule has 2 atom stereocenters. The molecule has 2 unspecified atom stereocenters. The number of hydrogen-bond acceptors (Lipinski definition) is 4. The molecule has 0 aromatic carbocycles. The highest BCUT2D eigenvalue weighted by Gasteiger charge is 2.41. The van der Waals surface area contributed by atoms with Crippen molar-refractivity contribution in [2.75, 3.05) is 31.9 Å². The van der Waals surface area contributed by atoms with E-state index >= 15 is 0 Å². The zero-order chi connectivity index (χ0) is 14.6. The van der Waals surface area contributed by atoms with Gasteiger partial charge < -0.3 is 16.0 Å². The van der Waals surface area contributed by atoms with Gasteiger partial charge in [-0.25, -0.2) is 0 Å². The van der Waals surface area contributed by atoms with E-state index in [0.29, 0.717) is 19.6 Å². The van der Waals surface area contributed by atoms with Crippen LogP contribution in [0.3, 0.4) is 0 Å². The molecule has 0 aromatic heterocycles. The average molecular weight is 299 g/mol. The van der Waals surface area contributed by atoms with E-state index < -0.39 is 0 Å². The second kappa shape index (κ2) is 6.80. The van der Waals surface area contributed by atoms with Gasteiger partial charge in [0.25, 0.3) is 0 Å². The van der Waals surface area contributed by atoms with Crippen LogP contribution in [0.5, 0.6) is 0 Å². The number of nitrogens with one attached hydrogen (secondary N) is 1. The summed E-state index contributed by atoms with van der Waals surface area (Å²) in [6.45, 7) is 4.36. The molecule has 2 aliphatic rings. The normalized spacial score (nSPS) is 30.3. The highest BCUT2D eigenvalue weighted by Crippen LogP contribution is 2.39. The molecule has 2 fully saturated rings. The van der Waals surface area contributed by atoms with Gasteiger partial charge in [-0.15, -0.1) is 11.8 Å². The number of likely N-dealkylation sites (tertiary alicyclic amines) is 1. The van der Waals surface area contributed by atoms with Crippen LogP contribution in [0.2, 0.25) is 0 Å². The summed E-state index contributed by atoms with van der Waals surface area (Å²) in [6.07, 6.45) is 3.84. The van der Waals surface area contributed by atoms with Gasteiger partial charge in [0.2, 0.25) is 11.8 Å². The predicted molar refractivity (Wildman–Crippen MR) is 81.5 cm³/mol. The number of thioether (sulfide) groups is 1. The van der Waals surface area contributed by atoms with Crippen LogP contribution in [0, 0.1) is 5.92 Å². The van der Waals surface area contributed by atoms with E-state index in [1.54, 1.807) is 11.8 Å². The van der Waals surface area contributed by atoms with Crippen LogP contribution < -0.4 is 11.1 Å². The molecule has 0 radical (unpaired) electrons. The lowest BCUT2D eigenvalue weighted by Crippen LogP contribution is -2.51. The molecule has 0 aliphatic carbocycles. The molecule has 2 saturated heterocycles. The molecule has 0 saturated carbocycles. The molecule has 3 N–H and O–H groups in total. The fraction of sp³-hybridized carbons (Fsp3) is 0.857. The Morgan fingerprint density at radius 1 is 1.45 bits per heavy atom. The highest BCUT2D eigenvalue weighted by molar-refractivity contribution is 8.01. The Morgan fingerprint density at radius 2 is 2.25 bits per heavy atom. The summed E-state index contributed by atoms with van der Waals surface area (Å²) in [7, 11) is 0. The van der Waals surface area contributed by atoms with Gasteiger partial charge in [-0.1, -0.05) is 0 Å². The molecule has 2 amide bonds. The van der Waals surface area contributed by atoms with Crippen molar-refractivity contribution in [1.82, 2.24) is 10.2 Å². The van der Waals surface area contributed by atoms with Gasteiger partial charge in [0.1, 0.15) is 0 Å². The minimum atomic E-state index is -0.268. The van der Waals surface area contributed by atoms with Gasteiger partial charge >= 0.3 is 0 Å². The van der Waals surface area contributed by atoms with E-state index in [9.17, 15) is 9.59 Å². The molecule has 2 aliphatic heterocycles. The molecule has 5 nitrogen and oxygen atoms in total. The van der Waals surface area contributed by atoms with Gasteiger partial charge in [0, 0.05) is 26.2 Å². The Labute approximate surface area is 125 Å². The second-order valence-electron chi connectivity index (χ2n) is 5.85. The molecular formula is C14H25N3O2S. The number of rotatable bonds is 4. The van der Waals surface area contributed by atoms with Gasteiger partial charge in [-0.3, -0.25) is 9.59 Å². The van der Waals surface area contributed by atoms with Crippen LogP contribution in [0.25, 0.3) is 0 Å². The van der Waals surface area contributed by atoms with Gasteiger partial charge in [-0.05, 0) is 38.4 Å². The maximum absolute atomic E-state index is 12.7. The first-order valence-electron chi connectivity index (χ1n) is 7.48. The van der Waals surface area contributed by atoms with Crippen molar-refractivity contribution in [1.29, 1.82) is 0 Å². The van der Waals surface area contributed by atoms with E-state index in [0.717, 1.165) is 38.0 Å². The average Bonchev–Trinajstić information content (AvgIpc) is 2.92. The molecule has 6 heteroatoms. The van der Waals surface area contributed by atoms with E-state index in [1.807, 2.05) is 11.8 Å². The summed E-state index contributed by atoms with van der Waals surface area (Å²) in [5.74, 6) is 1.25. The summed E-state index contributed by atoms with van der Waals surface area (Å²) < 4.78 is -0.268. The Morgan fingerprint density at radius 3 is 2.90 bits per heavy atom. The third-order valence-corrected chi connectivity index (χ3v) is 5.70. The number of nitrogens with zero attached hydrogens (tertiary/aromatic N) is 1. The lowest BCUT2D eigenvalue weighted by Gasteiger charge is -2.36. The lowest BCUT2D eigenvalue weighted by atomic mass is 9.95. The summed E-state index contributed by atoms with van der Waals surface area (Å²) in [5, 5.41) is 2.83. The van der Waals surface area contributed by atoms with Crippen molar-refractivity contribution in [3.8, 4) is 0 Å². The first kappa shape index (κ1) is 15.6. The van der Waals surface area contributed by atoms with Crippen LogP contribution in [-0.2, 0) is 9.59 Å². The van der Waals surface area contributed by atoms with Crippen LogP contribution in [0.15, 0.2) is 0 Å². The second-order valence-corrected chi connectivity index (χ2v) is 7.45. The largest absolute Gasteiger partial charge is 0.355 e. The van der Waals surface area contributed by atoms with Crippen LogP contribution in [0.4, 0.5) is 0 Å². The van der Waals surface area contributed by atoms with Crippen molar-refractivity contribution in [3.63, 3.8) is 0 Å². The zero-order valence-corrected chi connectivity index (χ0v) is 13.0. The summed E-state index contributed by atoms with van der Waals surface area (Å²) in [5.41, 5.74) is 5.40. The zero-order valence-electron chi connectivity index (χ0n) is 12.2. The molecular weight excluding hydrogens is 274 g/mol. The minimum Gasteiger partial charge on any atom is -0.355 e. The number of hydrogen-bond donors (Lipinski definition) is 2. The Hall–Kier alpha value is -0.750. The van der Waals surface area contributed by atoms with E-state index in [2.05, 4.69) is 5.32 Å². The quantitative estimate of drug-likeness (QED) is 0.796. The monoisotopic (exact) mass is 299 g/mol. The fourth-order valence-corrected chi connectivity index (χ4v) is 4.28. The lowest BCUT2D eigenvalue weighted by molar-refractivity contribution is -0.137. The summed E-state index contributed by atoms with van der Waals surface area (Å²) >= 11 is 1.76.